The first-order valence-electron chi connectivity index (χ1n) is 7.32. The molecule has 1 amide bonds. The second kappa shape index (κ2) is 5.91. The highest BCUT2D eigenvalue weighted by Crippen LogP contribution is 2.34. The molecule has 2 rings (SSSR count). The largest absolute Gasteiger partial charge is 0.447 e. The molecule has 104 valence electrons. The van der Waals surface area contributed by atoms with Crippen LogP contribution in [0.5, 0.6) is 0 Å². The minimum atomic E-state index is -0.261. The van der Waals surface area contributed by atoms with Gasteiger partial charge in [-0.25, -0.2) is 4.79 Å². The highest BCUT2D eigenvalue weighted by molar-refractivity contribution is 5.67. The minimum absolute atomic E-state index is 0.0460. The summed E-state index contributed by atoms with van der Waals surface area (Å²) in [6.07, 6.45) is 8.26. The molecule has 2 aliphatic rings. The van der Waals surface area contributed by atoms with Crippen LogP contribution in [0.15, 0.2) is 0 Å². The summed E-state index contributed by atoms with van der Waals surface area (Å²) >= 11 is 0. The number of ether oxygens (including phenoxy) is 1. The van der Waals surface area contributed by atoms with Crippen LogP contribution in [0.4, 0.5) is 4.79 Å². The van der Waals surface area contributed by atoms with Crippen molar-refractivity contribution in [3.8, 4) is 0 Å². The van der Waals surface area contributed by atoms with Gasteiger partial charge in [-0.15, -0.1) is 0 Å². The van der Waals surface area contributed by atoms with E-state index in [4.69, 9.17) is 4.74 Å². The van der Waals surface area contributed by atoms with Crippen molar-refractivity contribution in [3.63, 3.8) is 0 Å². The summed E-state index contributed by atoms with van der Waals surface area (Å²) in [4.78, 5) is 11.6. The Morgan fingerprint density at radius 3 is 2.72 bits per heavy atom. The van der Waals surface area contributed by atoms with Gasteiger partial charge >= 0.3 is 6.09 Å². The van der Waals surface area contributed by atoms with Crippen LogP contribution in [-0.2, 0) is 4.74 Å². The van der Waals surface area contributed by atoms with Crippen LogP contribution < -0.4 is 10.6 Å². The van der Waals surface area contributed by atoms with Crippen LogP contribution in [0.3, 0.4) is 0 Å². The first kappa shape index (κ1) is 13.7. The zero-order valence-corrected chi connectivity index (χ0v) is 11.6. The fourth-order valence-electron chi connectivity index (χ4n) is 3.30. The Bertz CT molecular complexity index is 280. The average molecular weight is 254 g/mol. The smallest absolute Gasteiger partial charge is 0.407 e. The van der Waals surface area contributed by atoms with Gasteiger partial charge in [0.1, 0.15) is 0 Å². The number of piperidine rings is 1. The maximum absolute atomic E-state index is 11.6. The van der Waals surface area contributed by atoms with Gasteiger partial charge in [0, 0.05) is 11.6 Å². The van der Waals surface area contributed by atoms with E-state index < -0.39 is 0 Å². The monoisotopic (exact) mass is 254 g/mol. The maximum Gasteiger partial charge on any atom is 0.407 e. The number of carbonyl (C=O) groups excluding carboxylic acids is 1. The molecule has 4 heteroatoms. The van der Waals surface area contributed by atoms with Crippen molar-refractivity contribution in [2.45, 2.75) is 76.5 Å². The number of alkyl carbamates (subject to hydrolysis) is 1. The minimum Gasteiger partial charge on any atom is -0.447 e. The molecule has 2 fully saturated rings. The molecular weight excluding hydrogens is 228 g/mol. The lowest BCUT2D eigenvalue weighted by Crippen LogP contribution is -2.57. The zero-order valence-electron chi connectivity index (χ0n) is 11.6. The van der Waals surface area contributed by atoms with E-state index in [0.29, 0.717) is 0 Å². The molecule has 1 aliphatic heterocycles. The van der Waals surface area contributed by atoms with E-state index in [2.05, 4.69) is 10.6 Å². The molecule has 0 aromatic carbocycles. The lowest BCUT2D eigenvalue weighted by molar-refractivity contribution is 0.101. The molecule has 1 aliphatic carbocycles. The van der Waals surface area contributed by atoms with Gasteiger partial charge in [0.05, 0.1) is 6.10 Å². The summed E-state index contributed by atoms with van der Waals surface area (Å²) in [5, 5.41) is 6.71. The molecule has 1 saturated heterocycles. The van der Waals surface area contributed by atoms with Crippen LogP contribution in [0.25, 0.3) is 0 Å². The quantitative estimate of drug-likeness (QED) is 0.796. The van der Waals surface area contributed by atoms with Crippen molar-refractivity contribution in [2.24, 2.45) is 0 Å². The summed E-state index contributed by atoms with van der Waals surface area (Å²) in [5.74, 6) is 0. The Hall–Kier alpha value is -0.770. The Morgan fingerprint density at radius 2 is 2.06 bits per heavy atom. The van der Waals surface area contributed by atoms with Crippen molar-refractivity contribution in [2.75, 3.05) is 6.54 Å². The van der Waals surface area contributed by atoms with Crippen LogP contribution in [0.1, 0.15) is 58.8 Å². The van der Waals surface area contributed by atoms with Crippen LogP contribution in [-0.4, -0.2) is 30.3 Å². The highest BCUT2D eigenvalue weighted by atomic mass is 16.6. The number of rotatable bonds is 2. The molecule has 4 nitrogen and oxygen atoms in total. The van der Waals surface area contributed by atoms with Crippen LogP contribution >= 0.6 is 0 Å². The van der Waals surface area contributed by atoms with E-state index >= 15 is 0 Å². The molecule has 1 saturated carbocycles. The third-order valence-electron chi connectivity index (χ3n) is 4.11. The van der Waals surface area contributed by atoms with E-state index in [-0.39, 0.29) is 23.8 Å². The number of amides is 1. The number of hydrogen-bond donors (Lipinski definition) is 2. The molecule has 18 heavy (non-hydrogen) atoms. The van der Waals surface area contributed by atoms with Crippen molar-refractivity contribution in [1.29, 1.82) is 0 Å². The summed E-state index contributed by atoms with van der Waals surface area (Å²) < 4.78 is 5.16. The van der Waals surface area contributed by atoms with E-state index in [9.17, 15) is 4.79 Å². The summed E-state index contributed by atoms with van der Waals surface area (Å²) in [5.41, 5.74) is 0.284. The fourth-order valence-corrected chi connectivity index (χ4v) is 3.30. The van der Waals surface area contributed by atoms with Gasteiger partial charge in [0.2, 0.25) is 0 Å². The second-order valence-electron chi connectivity index (χ2n) is 6.06. The average Bonchev–Trinajstić information content (AvgIpc) is 2.28. The normalized spacial score (nSPS) is 27.2. The molecule has 0 radical (unpaired) electrons. The molecule has 0 bridgehead atoms. The highest BCUT2D eigenvalue weighted by Gasteiger charge is 2.37. The Labute approximate surface area is 110 Å². The van der Waals surface area contributed by atoms with E-state index in [1.165, 1.54) is 32.1 Å². The van der Waals surface area contributed by atoms with Gasteiger partial charge in [-0.2, -0.15) is 0 Å². The summed E-state index contributed by atoms with van der Waals surface area (Å²) in [6, 6.07) is 0.274. The number of carbonyl (C=O) groups is 1. The van der Waals surface area contributed by atoms with Crippen molar-refractivity contribution >= 4 is 6.09 Å². The van der Waals surface area contributed by atoms with Gasteiger partial charge in [-0.1, -0.05) is 19.3 Å². The predicted octanol–water partition coefficient (Wildman–Crippen LogP) is 2.58. The fraction of sp³-hybridized carbons (Fsp3) is 0.929. The van der Waals surface area contributed by atoms with E-state index in [1.807, 2.05) is 13.8 Å². The SMILES string of the molecule is CC(C)OC(=O)NC1CCNC2(CCCCC2)C1. The second-order valence-corrected chi connectivity index (χ2v) is 6.06. The van der Waals surface area contributed by atoms with E-state index in [1.54, 1.807) is 0 Å². The third-order valence-corrected chi connectivity index (χ3v) is 4.11. The Kier molecular flexibility index (Phi) is 4.49. The molecule has 1 atom stereocenters. The standard InChI is InChI=1S/C14H26N2O2/c1-11(2)18-13(17)16-12-6-9-15-14(10-12)7-4-3-5-8-14/h11-12,15H,3-10H2,1-2H3,(H,16,17). The van der Waals surface area contributed by atoms with Crippen LogP contribution in [0.2, 0.25) is 0 Å². The number of hydrogen-bond acceptors (Lipinski definition) is 3. The van der Waals surface area contributed by atoms with Gasteiger partial charge in [0.15, 0.2) is 0 Å². The first-order valence-corrected chi connectivity index (χ1v) is 7.32. The zero-order chi connectivity index (χ0) is 13.0. The third kappa shape index (κ3) is 3.61. The molecular formula is C14H26N2O2. The molecule has 0 aromatic heterocycles. The first-order chi connectivity index (χ1) is 8.60. The lowest BCUT2D eigenvalue weighted by Gasteiger charge is -2.44. The molecule has 1 unspecified atom stereocenters. The van der Waals surface area contributed by atoms with Gasteiger partial charge in [0.25, 0.3) is 0 Å². The molecule has 1 spiro atoms. The van der Waals surface area contributed by atoms with Crippen molar-refractivity contribution in [3.05, 3.63) is 0 Å². The van der Waals surface area contributed by atoms with Crippen molar-refractivity contribution in [1.82, 2.24) is 10.6 Å². The predicted molar refractivity (Wildman–Crippen MR) is 71.6 cm³/mol. The van der Waals surface area contributed by atoms with Crippen LogP contribution in [0, 0.1) is 0 Å². The Morgan fingerprint density at radius 1 is 1.33 bits per heavy atom. The number of nitrogens with one attached hydrogen (secondary N) is 2. The van der Waals surface area contributed by atoms with Gasteiger partial charge in [-0.3, -0.25) is 0 Å². The summed E-state index contributed by atoms with van der Waals surface area (Å²) in [6.45, 7) is 4.77. The van der Waals surface area contributed by atoms with Gasteiger partial charge < -0.3 is 15.4 Å². The maximum atomic E-state index is 11.6. The topological polar surface area (TPSA) is 50.4 Å². The molecule has 2 N–H and O–H groups in total. The summed E-state index contributed by atoms with van der Waals surface area (Å²) in [7, 11) is 0. The molecule has 1 heterocycles. The van der Waals surface area contributed by atoms with Crippen molar-refractivity contribution < 1.29 is 9.53 Å². The lowest BCUT2D eigenvalue weighted by atomic mass is 9.75. The Balaban J connectivity index is 1.84. The van der Waals surface area contributed by atoms with E-state index in [0.717, 1.165) is 19.4 Å². The molecule has 0 aromatic rings. The van der Waals surface area contributed by atoms with Gasteiger partial charge in [-0.05, 0) is 46.1 Å².